The topological polar surface area (TPSA) is 68.4 Å². The van der Waals surface area contributed by atoms with Crippen LogP contribution in [0.25, 0.3) is 0 Å². The van der Waals surface area contributed by atoms with E-state index in [-0.39, 0.29) is 18.5 Å². The highest BCUT2D eigenvalue weighted by Gasteiger charge is 2.27. The smallest absolute Gasteiger partial charge is 0.336 e. The van der Waals surface area contributed by atoms with E-state index >= 15 is 0 Å². The fraction of sp³-hybridized carbons (Fsp3) is 0.571. The molecule has 2 aliphatic heterocycles. The van der Waals surface area contributed by atoms with Crippen LogP contribution in [0.4, 0.5) is 0 Å². The van der Waals surface area contributed by atoms with E-state index < -0.39 is 5.97 Å². The van der Waals surface area contributed by atoms with Crippen LogP contribution in [0.1, 0.15) is 6.92 Å². The first-order chi connectivity index (χ1) is 9.63. The van der Waals surface area contributed by atoms with Crippen molar-refractivity contribution in [2.75, 3.05) is 39.5 Å². The van der Waals surface area contributed by atoms with E-state index in [1.165, 1.54) is 6.08 Å². The Kier molecular flexibility index (Phi) is 4.92. The van der Waals surface area contributed by atoms with Crippen LogP contribution in [0.3, 0.4) is 0 Å². The summed E-state index contributed by atoms with van der Waals surface area (Å²) in [6.45, 7) is 8.16. The molecule has 20 heavy (non-hydrogen) atoms. The second-order valence-corrected chi connectivity index (χ2v) is 4.70. The lowest BCUT2D eigenvalue weighted by Crippen LogP contribution is -2.39. The van der Waals surface area contributed by atoms with Crippen LogP contribution in [-0.4, -0.2) is 62.3 Å². The highest BCUT2D eigenvalue weighted by Crippen LogP contribution is 2.17. The first-order valence-corrected chi connectivity index (χ1v) is 6.62. The van der Waals surface area contributed by atoms with E-state index in [1.54, 1.807) is 6.92 Å². The molecule has 0 N–H and O–H groups in total. The monoisotopic (exact) mass is 281 g/mol. The average molecular weight is 281 g/mol. The highest BCUT2D eigenvalue weighted by molar-refractivity contribution is 6.08. The van der Waals surface area contributed by atoms with Crippen LogP contribution < -0.4 is 0 Å². The van der Waals surface area contributed by atoms with E-state index in [9.17, 15) is 9.59 Å². The van der Waals surface area contributed by atoms with Gasteiger partial charge in [0.05, 0.1) is 31.1 Å². The van der Waals surface area contributed by atoms with Gasteiger partial charge in [0.2, 0.25) is 5.78 Å². The number of carbonyl (C=O) groups is 2. The number of ether oxygens (including phenoxy) is 3. The zero-order valence-corrected chi connectivity index (χ0v) is 11.6. The Morgan fingerprint density at radius 3 is 2.60 bits per heavy atom. The van der Waals surface area contributed by atoms with Gasteiger partial charge in [-0.2, -0.15) is 0 Å². The van der Waals surface area contributed by atoms with Gasteiger partial charge in [0.15, 0.2) is 0 Å². The Hall–Kier alpha value is -1.66. The molecular formula is C14H19NO5. The van der Waals surface area contributed by atoms with Crippen molar-refractivity contribution in [3.63, 3.8) is 0 Å². The number of allylic oxidation sites excluding steroid dienone is 1. The fourth-order valence-corrected chi connectivity index (χ4v) is 2.00. The number of hydrogen-bond acceptors (Lipinski definition) is 6. The molecule has 6 heteroatoms. The molecular weight excluding hydrogens is 262 g/mol. The van der Waals surface area contributed by atoms with Gasteiger partial charge in [-0.15, -0.1) is 0 Å². The van der Waals surface area contributed by atoms with Crippen molar-refractivity contribution < 1.29 is 23.8 Å². The number of epoxide rings is 1. The van der Waals surface area contributed by atoms with Gasteiger partial charge in [0.25, 0.3) is 0 Å². The first-order valence-electron chi connectivity index (χ1n) is 6.62. The summed E-state index contributed by atoms with van der Waals surface area (Å²) in [4.78, 5) is 25.9. The summed E-state index contributed by atoms with van der Waals surface area (Å²) in [7, 11) is 0. The van der Waals surface area contributed by atoms with Crippen molar-refractivity contribution in [2.45, 2.75) is 13.0 Å². The molecule has 0 aliphatic carbocycles. The molecule has 0 spiro atoms. The van der Waals surface area contributed by atoms with Crippen molar-refractivity contribution in [3.05, 3.63) is 23.9 Å². The lowest BCUT2D eigenvalue weighted by Gasteiger charge is -2.30. The molecule has 0 aromatic rings. The fourth-order valence-electron chi connectivity index (χ4n) is 2.00. The zero-order valence-electron chi connectivity index (χ0n) is 11.6. The van der Waals surface area contributed by atoms with Gasteiger partial charge in [-0.1, -0.05) is 6.58 Å². The molecule has 0 aromatic heterocycles. The van der Waals surface area contributed by atoms with Gasteiger partial charge in [0, 0.05) is 13.1 Å². The number of ketones is 1. The minimum Gasteiger partial charge on any atom is -0.459 e. The summed E-state index contributed by atoms with van der Waals surface area (Å²) in [6, 6.07) is 0. The summed E-state index contributed by atoms with van der Waals surface area (Å²) >= 11 is 0. The number of rotatable bonds is 6. The van der Waals surface area contributed by atoms with Crippen LogP contribution in [0.15, 0.2) is 23.9 Å². The Labute approximate surface area is 118 Å². The third-order valence-corrected chi connectivity index (χ3v) is 3.21. The van der Waals surface area contributed by atoms with Crippen LogP contribution in [-0.2, 0) is 23.8 Å². The zero-order chi connectivity index (χ0) is 14.5. The molecule has 0 saturated carbocycles. The summed E-state index contributed by atoms with van der Waals surface area (Å²) in [5.74, 6) is -0.763. The van der Waals surface area contributed by atoms with E-state index in [4.69, 9.17) is 14.2 Å². The predicted molar refractivity (Wildman–Crippen MR) is 71.0 cm³/mol. The molecule has 0 radical (unpaired) electrons. The minimum absolute atomic E-state index is 0.00805. The molecule has 2 heterocycles. The summed E-state index contributed by atoms with van der Waals surface area (Å²) < 4.78 is 15.4. The molecule has 110 valence electrons. The molecule has 2 saturated heterocycles. The maximum absolute atomic E-state index is 12.0. The van der Waals surface area contributed by atoms with E-state index in [2.05, 4.69) is 6.58 Å². The van der Waals surface area contributed by atoms with Crippen molar-refractivity contribution in [2.24, 2.45) is 0 Å². The third-order valence-electron chi connectivity index (χ3n) is 3.21. The van der Waals surface area contributed by atoms with Crippen molar-refractivity contribution >= 4 is 11.8 Å². The predicted octanol–water partition coefficient (Wildman–Crippen LogP) is 0.290. The second kappa shape index (κ2) is 6.67. The number of morpholine rings is 1. The van der Waals surface area contributed by atoms with Crippen molar-refractivity contribution in [3.8, 4) is 0 Å². The van der Waals surface area contributed by atoms with Gasteiger partial charge in [-0.25, -0.2) is 4.79 Å². The van der Waals surface area contributed by atoms with E-state index in [1.807, 2.05) is 4.90 Å². The molecule has 0 bridgehead atoms. The van der Waals surface area contributed by atoms with E-state index in [0.717, 1.165) is 0 Å². The molecule has 1 unspecified atom stereocenters. The Bertz CT molecular complexity index is 433. The maximum atomic E-state index is 12.0. The quantitative estimate of drug-likeness (QED) is 0.396. The third kappa shape index (κ3) is 3.68. The van der Waals surface area contributed by atoms with Crippen LogP contribution >= 0.6 is 0 Å². The number of hydrogen-bond donors (Lipinski definition) is 0. The molecule has 1 atom stereocenters. The normalized spacial score (nSPS) is 22.9. The Morgan fingerprint density at radius 1 is 1.40 bits per heavy atom. The largest absolute Gasteiger partial charge is 0.459 e. The van der Waals surface area contributed by atoms with Crippen LogP contribution in [0, 0.1) is 0 Å². The molecule has 2 rings (SSSR count). The summed E-state index contributed by atoms with van der Waals surface area (Å²) in [6.07, 6.45) is 1.22. The lowest BCUT2D eigenvalue weighted by molar-refractivity contribution is -0.140. The minimum atomic E-state index is -0.489. The number of carbonyl (C=O) groups excluding carboxylic acids is 2. The molecule has 0 aromatic carbocycles. The second-order valence-electron chi connectivity index (χ2n) is 4.70. The first kappa shape index (κ1) is 14.7. The average Bonchev–Trinajstić information content (AvgIpc) is 3.30. The molecule has 2 aliphatic rings. The summed E-state index contributed by atoms with van der Waals surface area (Å²) in [5.41, 5.74) is 0.655. The van der Waals surface area contributed by atoms with Gasteiger partial charge < -0.3 is 19.1 Å². The summed E-state index contributed by atoms with van der Waals surface area (Å²) in [5, 5.41) is 0. The van der Waals surface area contributed by atoms with Crippen molar-refractivity contribution in [1.29, 1.82) is 0 Å². The lowest BCUT2D eigenvalue weighted by atomic mass is 10.1. The van der Waals surface area contributed by atoms with Gasteiger partial charge in [-0.05, 0) is 13.0 Å². The Morgan fingerprint density at radius 2 is 2.05 bits per heavy atom. The molecule has 0 amide bonds. The molecule has 6 nitrogen and oxygen atoms in total. The SMILES string of the molecule is C=CC(=O)C(=C(C)C(=O)OCC1CO1)N1CCOCC1. The van der Waals surface area contributed by atoms with Gasteiger partial charge in [0.1, 0.15) is 12.7 Å². The number of esters is 1. The molecule has 2 fully saturated rings. The maximum Gasteiger partial charge on any atom is 0.336 e. The van der Waals surface area contributed by atoms with Crippen LogP contribution in [0.5, 0.6) is 0 Å². The van der Waals surface area contributed by atoms with Gasteiger partial charge in [-0.3, -0.25) is 4.79 Å². The van der Waals surface area contributed by atoms with Gasteiger partial charge >= 0.3 is 5.97 Å². The van der Waals surface area contributed by atoms with Crippen LogP contribution in [0.2, 0.25) is 0 Å². The number of nitrogens with zero attached hydrogens (tertiary/aromatic N) is 1. The Balaban J connectivity index is 2.12. The standard InChI is InChI=1S/C14H19NO5/c1-3-12(16)13(15-4-6-18-7-5-15)10(2)14(17)20-9-11-8-19-11/h3,11H,1,4-9H2,2H3. The van der Waals surface area contributed by atoms with E-state index in [0.29, 0.717) is 44.2 Å². The highest BCUT2D eigenvalue weighted by atomic mass is 16.6. The van der Waals surface area contributed by atoms with Crippen molar-refractivity contribution in [1.82, 2.24) is 4.90 Å².